The Morgan fingerprint density at radius 1 is 0.688 bits per heavy atom. The molecular weight excluding hydrogens is 200 g/mol. The Labute approximate surface area is 102 Å². The second-order valence-electron chi connectivity index (χ2n) is 4.45. The van der Waals surface area contributed by atoms with Crippen LogP contribution >= 0.6 is 0 Å². The second kappa shape index (κ2) is 14.3. The van der Waals surface area contributed by atoms with E-state index in [0.29, 0.717) is 0 Å². The zero-order chi connectivity index (χ0) is 13.7. The Bertz CT molecular complexity index is 150. The van der Waals surface area contributed by atoms with Gasteiger partial charge in [-0.05, 0) is 0 Å². The van der Waals surface area contributed by atoms with Gasteiger partial charge in [0.25, 0.3) is 0 Å². The molecule has 0 aromatic carbocycles. The maximum Gasteiger partial charge on any atom is 0.201 e. The van der Waals surface area contributed by atoms with Crippen LogP contribution in [-0.2, 0) is 9.59 Å². The molecule has 0 saturated carbocycles. The van der Waals surface area contributed by atoms with Crippen molar-refractivity contribution < 1.29 is 9.59 Å². The third-order valence-corrected chi connectivity index (χ3v) is 1.29. The molecule has 0 aromatic heterocycles. The van der Waals surface area contributed by atoms with Crippen LogP contribution in [0.4, 0.5) is 0 Å². The van der Waals surface area contributed by atoms with Crippen LogP contribution < -0.4 is 0 Å². The maximum atomic E-state index is 10.9. The quantitative estimate of drug-likeness (QED) is 0.678. The molecule has 0 saturated heterocycles. The van der Waals surface area contributed by atoms with Gasteiger partial charge in [0.05, 0.1) is 0 Å². The van der Waals surface area contributed by atoms with Crippen molar-refractivity contribution in [3.8, 4) is 0 Å². The SMILES string of the molecule is CC(C)C(=O)C(=O)C(C)C.CCC.CCC. The van der Waals surface area contributed by atoms with Gasteiger partial charge in [0, 0.05) is 11.8 Å². The molecule has 0 bridgehead atoms. The van der Waals surface area contributed by atoms with E-state index in [1.807, 2.05) is 0 Å². The molecule has 0 aliphatic carbocycles. The topological polar surface area (TPSA) is 34.1 Å². The first-order chi connectivity index (χ1) is 7.29. The number of carbonyl (C=O) groups excluding carboxylic acids is 2. The highest BCUT2D eigenvalue weighted by Gasteiger charge is 2.19. The van der Waals surface area contributed by atoms with Crippen LogP contribution in [0.25, 0.3) is 0 Å². The minimum Gasteiger partial charge on any atom is -0.291 e. The van der Waals surface area contributed by atoms with Crippen molar-refractivity contribution in [3.05, 3.63) is 0 Å². The van der Waals surface area contributed by atoms with E-state index in [0.717, 1.165) is 0 Å². The van der Waals surface area contributed by atoms with E-state index in [1.54, 1.807) is 27.7 Å². The average molecular weight is 230 g/mol. The van der Waals surface area contributed by atoms with Crippen molar-refractivity contribution in [1.29, 1.82) is 0 Å². The standard InChI is InChI=1S/C8H14O2.2C3H8/c1-5(2)7(9)8(10)6(3)4;2*1-3-2/h5-6H,1-4H3;2*3H2,1-2H3. The zero-order valence-electron chi connectivity index (χ0n) is 12.4. The number of ketones is 2. The fourth-order valence-electron chi connectivity index (χ4n) is 0.569. The number of rotatable bonds is 3. The molecule has 0 radical (unpaired) electrons. The van der Waals surface area contributed by atoms with Gasteiger partial charge in [-0.15, -0.1) is 0 Å². The number of hydrogen-bond donors (Lipinski definition) is 0. The van der Waals surface area contributed by atoms with E-state index in [1.165, 1.54) is 12.8 Å². The Kier molecular flexibility index (Phi) is 18.6. The lowest BCUT2D eigenvalue weighted by molar-refractivity contribution is -0.140. The van der Waals surface area contributed by atoms with Crippen molar-refractivity contribution in [3.63, 3.8) is 0 Å². The van der Waals surface area contributed by atoms with Crippen LogP contribution in [-0.4, -0.2) is 11.6 Å². The summed E-state index contributed by atoms with van der Waals surface area (Å²) >= 11 is 0. The van der Waals surface area contributed by atoms with E-state index in [2.05, 4.69) is 27.7 Å². The molecule has 2 heteroatoms. The van der Waals surface area contributed by atoms with Crippen LogP contribution in [0.5, 0.6) is 0 Å². The Hall–Kier alpha value is -0.660. The highest BCUT2D eigenvalue weighted by atomic mass is 16.2. The van der Waals surface area contributed by atoms with Crippen molar-refractivity contribution >= 4 is 11.6 Å². The number of Topliss-reactive ketones (excluding diaryl/α,β-unsaturated/α-hetero) is 2. The molecular formula is C14H30O2. The van der Waals surface area contributed by atoms with Gasteiger partial charge in [0.1, 0.15) is 0 Å². The van der Waals surface area contributed by atoms with Gasteiger partial charge in [-0.2, -0.15) is 0 Å². The van der Waals surface area contributed by atoms with Crippen molar-refractivity contribution in [2.24, 2.45) is 11.8 Å². The molecule has 0 heterocycles. The lowest BCUT2D eigenvalue weighted by Crippen LogP contribution is -2.23. The monoisotopic (exact) mass is 230 g/mol. The normalized spacial score (nSPS) is 8.88. The first kappa shape index (κ1) is 20.7. The summed E-state index contributed by atoms with van der Waals surface area (Å²) in [7, 11) is 0. The van der Waals surface area contributed by atoms with Gasteiger partial charge in [-0.1, -0.05) is 68.2 Å². The van der Waals surface area contributed by atoms with Crippen LogP contribution in [0.2, 0.25) is 0 Å². The molecule has 0 fully saturated rings. The molecule has 0 aliphatic rings. The van der Waals surface area contributed by atoms with Crippen molar-refractivity contribution in [2.75, 3.05) is 0 Å². The summed E-state index contributed by atoms with van der Waals surface area (Å²) in [5.41, 5.74) is 0. The molecule has 0 rings (SSSR count). The Balaban J connectivity index is -0.000000235. The molecule has 0 aromatic rings. The van der Waals surface area contributed by atoms with Gasteiger partial charge in [-0.3, -0.25) is 9.59 Å². The van der Waals surface area contributed by atoms with Crippen LogP contribution in [0.15, 0.2) is 0 Å². The predicted molar refractivity (Wildman–Crippen MR) is 71.6 cm³/mol. The summed E-state index contributed by atoms with van der Waals surface area (Å²) in [4.78, 5) is 21.9. The smallest absolute Gasteiger partial charge is 0.201 e. The minimum atomic E-state index is -0.255. The van der Waals surface area contributed by atoms with E-state index in [9.17, 15) is 9.59 Å². The number of carbonyl (C=O) groups is 2. The lowest BCUT2D eigenvalue weighted by Gasteiger charge is -2.04. The minimum absolute atomic E-state index is 0.157. The maximum absolute atomic E-state index is 10.9. The molecule has 0 unspecified atom stereocenters. The Morgan fingerprint density at radius 2 is 0.812 bits per heavy atom. The third-order valence-electron chi connectivity index (χ3n) is 1.29. The summed E-state index contributed by atoms with van der Waals surface area (Å²) in [5, 5.41) is 0. The predicted octanol–water partition coefficient (Wildman–Crippen LogP) is 4.27. The average Bonchev–Trinajstić information content (AvgIpc) is 2.17. The summed E-state index contributed by atoms with van der Waals surface area (Å²) in [6.07, 6.45) is 2.50. The van der Waals surface area contributed by atoms with E-state index in [4.69, 9.17) is 0 Å². The summed E-state index contributed by atoms with van der Waals surface area (Å²) in [6, 6.07) is 0. The molecule has 2 nitrogen and oxygen atoms in total. The van der Waals surface area contributed by atoms with E-state index >= 15 is 0 Å². The number of hydrogen-bond acceptors (Lipinski definition) is 2. The van der Waals surface area contributed by atoms with Gasteiger partial charge >= 0.3 is 0 Å². The highest BCUT2D eigenvalue weighted by Crippen LogP contribution is 2.02. The molecule has 16 heavy (non-hydrogen) atoms. The van der Waals surface area contributed by atoms with Crippen LogP contribution in [0.1, 0.15) is 68.2 Å². The van der Waals surface area contributed by atoms with Gasteiger partial charge in [0.15, 0.2) is 0 Å². The lowest BCUT2D eigenvalue weighted by atomic mass is 9.98. The highest BCUT2D eigenvalue weighted by molar-refractivity contribution is 6.38. The zero-order valence-corrected chi connectivity index (χ0v) is 12.4. The largest absolute Gasteiger partial charge is 0.291 e. The first-order valence-corrected chi connectivity index (χ1v) is 6.37. The third kappa shape index (κ3) is 15.8. The molecule has 0 spiro atoms. The second-order valence-corrected chi connectivity index (χ2v) is 4.45. The van der Waals surface area contributed by atoms with Crippen LogP contribution in [0.3, 0.4) is 0 Å². The first-order valence-electron chi connectivity index (χ1n) is 6.37. The summed E-state index contributed by atoms with van der Waals surface area (Å²) < 4.78 is 0. The van der Waals surface area contributed by atoms with E-state index < -0.39 is 0 Å². The van der Waals surface area contributed by atoms with Crippen molar-refractivity contribution in [1.82, 2.24) is 0 Å². The van der Waals surface area contributed by atoms with Crippen LogP contribution in [0, 0.1) is 11.8 Å². The Morgan fingerprint density at radius 3 is 0.875 bits per heavy atom. The molecule has 0 aliphatic heterocycles. The van der Waals surface area contributed by atoms with E-state index in [-0.39, 0.29) is 23.4 Å². The molecule has 98 valence electrons. The molecule has 0 amide bonds. The molecule has 0 N–H and O–H groups in total. The van der Waals surface area contributed by atoms with Gasteiger partial charge in [0.2, 0.25) is 11.6 Å². The fraction of sp³-hybridized carbons (Fsp3) is 0.857. The van der Waals surface area contributed by atoms with Gasteiger partial charge < -0.3 is 0 Å². The fourth-order valence-corrected chi connectivity index (χ4v) is 0.569. The van der Waals surface area contributed by atoms with Crippen molar-refractivity contribution in [2.45, 2.75) is 68.2 Å². The van der Waals surface area contributed by atoms with Gasteiger partial charge in [-0.25, -0.2) is 0 Å². The summed E-state index contributed by atoms with van der Waals surface area (Å²) in [6.45, 7) is 15.5. The molecule has 0 atom stereocenters. The summed E-state index contributed by atoms with van der Waals surface area (Å²) in [5.74, 6) is -0.824.